The van der Waals surface area contributed by atoms with E-state index in [1.54, 1.807) is 30.3 Å². The smallest absolute Gasteiger partial charge is 0.244 e. The number of benzene rings is 2. The van der Waals surface area contributed by atoms with Crippen molar-refractivity contribution < 1.29 is 17.9 Å². The Morgan fingerprint density at radius 3 is 2.53 bits per heavy atom. The Labute approximate surface area is 177 Å². The monoisotopic (exact) mass is 424 g/mol. The minimum absolute atomic E-state index is 0.185. The van der Waals surface area contributed by atoms with Gasteiger partial charge in [-0.2, -0.15) is 0 Å². The fourth-order valence-corrected chi connectivity index (χ4v) is 4.68. The van der Waals surface area contributed by atoms with Gasteiger partial charge in [0.1, 0.15) is 12.4 Å². The topological polar surface area (TPSA) is 75.7 Å². The maximum atomic E-state index is 12.0. The summed E-state index contributed by atoms with van der Waals surface area (Å²) < 4.78 is 30.7. The van der Waals surface area contributed by atoms with Crippen molar-refractivity contribution in [2.75, 3.05) is 29.8 Å². The zero-order chi connectivity index (χ0) is 21.4. The van der Waals surface area contributed by atoms with E-state index in [1.807, 2.05) is 24.3 Å². The number of carbonyl (C=O) groups excluding carboxylic acids is 1. The lowest BCUT2D eigenvalue weighted by Gasteiger charge is -2.16. The average Bonchev–Trinajstić information content (AvgIpc) is 3.11. The Morgan fingerprint density at radius 2 is 1.90 bits per heavy atom. The van der Waals surface area contributed by atoms with Crippen molar-refractivity contribution in [1.82, 2.24) is 5.32 Å². The van der Waals surface area contributed by atoms with Crippen LogP contribution in [-0.4, -0.2) is 39.8 Å². The second-order valence-corrected chi connectivity index (χ2v) is 8.86. The van der Waals surface area contributed by atoms with Gasteiger partial charge >= 0.3 is 0 Å². The predicted octanol–water partition coefficient (Wildman–Crippen LogP) is 2.61. The van der Waals surface area contributed by atoms with Crippen molar-refractivity contribution in [3.05, 3.63) is 65.7 Å². The zero-order valence-electron chi connectivity index (χ0n) is 16.6. The third-order valence-corrected chi connectivity index (χ3v) is 6.54. The van der Waals surface area contributed by atoms with Crippen LogP contribution >= 0.6 is 0 Å². The van der Waals surface area contributed by atoms with E-state index in [0.29, 0.717) is 31.6 Å². The molecular weight excluding hydrogens is 400 g/mol. The summed E-state index contributed by atoms with van der Waals surface area (Å²) in [5.41, 5.74) is 2.57. The Bertz CT molecular complexity index is 1040. The molecule has 1 fully saturated rings. The summed E-state index contributed by atoms with van der Waals surface area (Å²) in [5.74, 6) is 3.14. The van der Waals surface area contributed by atoms with E-state index in [2.05, 4.69) is 11.2 Å². The van der Waals surface area contributed by atoms with Crippen LogP contribution in [0.3, 0.4) is 0 Å². The molecule has 0 saturated carbocycles. The Balaban J connectivity index is 1.45. The Hall–Kier alpha value is -3.24. The van der Waals surface area contributed by atoms with Gasteiger partial charge in [-0.15, -0.1) is 6.42 Å². The van der Waals surface area contributed by atoms with Gasteiger partial charge in [-0.25, -0.2) is 8.42 Å². The highest BCUT2D eigenvalue weighted by atomic mass is 32.2. The molecule has 30 heavy (non-hydrogen) atoms. The van der Waals surface area contributed by atoms with Gasteiger partial charge in [0.15, 0.2) is 0 Å². The summed E-state index contributed by atoms with van der Waals surface area (Å²) in [5, 5.41) is 2.85. The molecular formula is C23H24N2O4S. The lowest BCUT2D eigenvalue weighted by molar-refractivity contribution is -0.116. The van der Waals surface area contributed by atoms with E-state index in [0.717, 1.165) is 16.9 Å². The van der Waals surface area contributed by atoms with Gasteiger partial charge in [0, 0.05) is 19.2 Å². The molecule has 1 saturated heterocycles. The van der Waals surface area contributed by atoms with E-state index >= 15 is 0 Å². The SMILES string of the molecule is C#CCOc1ccc(CCNC(=O)/C=C/c2ccc(N3CCCS3(=O)=O)cc2)cc1. The highest BCUT2D eigenvalue weighted by Gasteiger charge is 2.28. The first-order chi connectivity index (χ1) is 14.5. The molecule has 2 aromatic rings. The molecule has 0 aliphatic carbocycles. The molecule has 6 nitrogen and oxygen atoms in total. The van der Waals surface area contributed by atoms with Gasteiger partial charge in [0.25, 0.3) is 0 Å². The van der Waals surface area contributed by atoms with Crippen molar-refractivity contribution in [1.29, 1.82) is 0 Å². The first kappa shape index (κ1) is 21.5. The van der Waals surface area contributed by atoms with Crippen molar-refractivity contribution in [3.8, 4) is 18.1 Å². The molecule has 1 aliphatic rings. The number of hydrogen-bond donors (Lipinski definition) is 1. The summed E-state index contributed by atoms with van der Waals surface area (Å²) in [7, 11) is -3.18. The summed E-state index contributed by atoms with van der Waals surface area (Å²) >= 11 is 0. The van der Waals surface area contributed by atoms with Crippen LogP contribution in [0.5, 0.6) is 5.75 Å². The van der Waals surface area contributed by atoms with Crippen molar-refractivity contribution in [2.45, 2.75) is 12.8 Å². The first-order valence-electron chi connectivity index (χ1n) is 9.69. The quantitative estimate of drug-likeness (QED) is 0.522. The van der Waals surface area contributed by atoms with Crippen LogP contribution in [-0.2, 0) is 21.2 Å². The second-order valence-electron chi connectivity index (χ2n) is 6.84. The van der Waals surface area contributed by atoms with Crippen LogP contribution in [0.15, 0.2) is 54.6 Å². The predicted molar refractivity (Wildman–Crippen MR) is 119 cm³/mol. The van der Waals surface area contributed by atoms with Crippen LogP contribution < -0.4 is 14.4 Å². The molecule has 2 aromatic carbocycles. The third-order valence-electron chi connectivity index (χ3n) is 4.67. The molecule has 1 N–H and O–H groups in total. The van der Waals surface area contributed by atoms with Gasteiger partial charge in [-0.3, -0.25) is 9.10 Å². The van der Waals surface area contributed by atoms with E-state index in [9.17, 15) is 13.2 Å². The minimum Gasteiger partial charge on any atom is -0.481 e. The molecule has 0 aromatic heterocycles. The van der Waals surface area contributed by atoms with Crippen LogP contribution in [0.4, 0.5) is 5.69 Å². The standard InChI is InChI=1S/C23H24N2O4S/c1-2-17-29-22-11-6-20(7-12-22)14-15-24-23(26)13-8-19-4-9-21(10-5-19)25-16-3-18-30(25,27)28/h1,4-13H,3,14-18H2,(H,24,26)/b13-8+. The largest absolute Gasteiger partial charge is 0.481 e. The van der Waals surface area contributed by atoms with Crippen molar-refractivity contribution in [2.24, 2.45) is 0 Å². The Kier molecular flexibility index (Phi) is 7.15. The van der Waals surface area contributed by atoms with E-state index < -0.39 is 10.0 Å². The fraction of sp³-hybridized carbons (Fsp3) is 0.261. The number of amides is 1. The number of nitrogens with one attached hydrogen (secondary N) is 1. The molecule has 0 spiro atoms. The number of hydrogen-bond acceptors (Lipinski definition) is 4. The molecule has 0 bridgehead atoms. The van der Waals surface area contributed by atoms with Gasteiger partial charge < -0.3 is 10.1 Å². The van der Waals surface area contributed by atoms with Crippen molar-refractivity contribution >= 4 is 27.7 Å². The number of anilines is 1. The van der Waals surface area contributed by atoms with Crippen LogP contribution in [0.25, 0.3) is 6.08 Å². The van der Waals surface area contributed by atoms with Gasteiger partial charge in [-0.1, -0.05) is 30.2 Å². The number of nitrogens with zero attached hydrogens (tertiary/aromatic N) is 1. The van der Waals surface area contributed by atoms with E-state index in [-0.39, 0.29) is 18.3 Å². The Morgan fingerprint density at radius 1 is 1.17 bits per heavy atom. The third kappa shape index (κ3) is 5.88. The second kappa shape index (κ2) is 9.99. The highest BCUT2D eigenvalue weighted by Crippen LogP contribution is 2.24. The van der Waals surface area contributed by atoms with Crippen LogP contribution in [0.2, 0.25) is 0 Å². The first-order valence-corrected chi connectivity index (χ1v) is 11.3. The molecule has 0 unspecified atom stereocenters. The summed E-state index contributed by atoms with van der Waals surface area (Å²) in [4.78, 5) is 12.0. The molecule has 156 valence electrons. The fourth-order valence-electron chi connectivity index (χ4n) is 3.12. The molecule has 1 amide bonds. The number of sulfonamides is 1. The van der Waals surface area contributed by atoms with E-state index in [1.165, 1.54) is 10.4 Å². The van der Waals surface area contributed by atoms with E-state index in [4.69, 9.17) is 11.2 Å². The lowest BCUT2D eigenvalue weighted by Crippen LogP contribution is -2.24. The molecule has 7 heteroatoms. The molecule has 0 radical (unpaired) electrons. The number of rotatable bonds is 8. The summed E-state index contributed by atoms with van der Waals surface area (Å²) in [6.45, 7) is 1.27. The zero-order valence-corrected chi connectivity index (χ0v) is 17.4. The van der Waals surface area contributed by atoms with Gasteiger partial charge in [-0.05, 0) is 54.3 Å². The molecule has 3 rings (SSSR count). The summed E-state index contributed by atoms with van der Waals surface area (Å²) in [6.07, 6.45) is 9.68. The number of carbonyl (C=O) groups is 1. The maximum absolute atomic E-state index is 12.0. The van der Waals surface area contributed by atoms with Gasteiger partial charge in [0.2, 0.25) is 15.9 Å². The van der Waals surface area contributed by atoms with Crippen molar-refractivity contribution in [3.63, 3.8) is 0 Å². The molecule has 1 heterocycles. The molecule has 0 atom stereocenters. The van der Waals surface area contributed by atoms with Gasteiger partial charge in [0.05, 0.1) is 11.4 Å². The number of terminal acetylenes is 1. The maximum Gasteiger partial charge on any atom is 0.244 e. The summed E-state index contributed by atoms with van der Waals surface area (Å²) in [6, 6.07) is 14.7. The minimum atomic E-state index is -3.18. The number of ether oxygens (including phenoxy) is 1. The highest BCUT2D eigenvalue weighted by molar-refractivity contribution is 7.93. The van der Waals surface area contributed by atoms with Crippen LogP contribution in [0, 0.1) is 12.3 Å². The molecule has 1 aliphatic heterocycles. The lowest BCUT2D eigenvalue weighted by atomic mass is 10.1. The van der Waals surface area contributed by atoms with Crippen LogP contribution in [0.1, 0.15) is 17.5 Å². The normalized spacial score (nSPS) is 15.1. The average molecular weight is 425 g/mol.